The van der Waals surface area contributed by atoms with Crippen molar-refractivity contribution in [1.82, 2.24) is 5.32 Å². The SMILES string of the molecule is C#CCOc1ccc(Br)cc1CNCC1CSCCS1. The number of benzene rings is 1. The van der Waals surface area contributed by atoms with Crippen LogP contribution < -0.4 is 10.1 Å². The first kappa shape index (κ1) is 16.1. The monoisotopic (exact) mass is 371 g/mol. The molecule has 0 amide bonds. The third-order valence-corrected chi connectivity index (χ3v) is 6.24. The molecule has 0 radical (unpaired) electrons. The van der Waals surface area contributed by atoms with Gasteiger partial charge >= 0.3 is 0 Å². The quantitative estimate of drug-likeness (QED) is 0.773. The molecule has 5 heteroatoms. The first-order valence-electron chi connectivity index (χ1n) is 6.54. The van der Waals surface area contributed by atoms with E-state index in [4.69, 9.17) is 11.2 Å². The van der Waals surface area contributed by atoms with Crippen LogP contribution in [0.15, 0.2) is 22.7 Å². The van der Waals surface area contributed by atoms with Gasteiger partial charge in [-0.15, -0.1) is 6.42 Å². The van der Waals surface area contributed by atoms with E-state index in [9.17, 15) is 0 Å². The van der Waals surface area contributed by atoms with E-state index in [0.29, 0.717) is 6.61 Å². The second kappa shape index (κ2) is 8.89. The van der Waals surface area contributed by atoms with Gasteiger partial charge in [0.2, 0.25) is 0 Å². The summed E-state index contributed by atoms with van der Waals surface area (Å²) in [6.45, 7) is 2.16. The highest BCUT2D eigenvalue weighted by molar-refractivity contribution is 9.10. The highest BCUT2D eigenvalue weighted by atomic mass is 79.9. The van der Waals surface area contributed by atoms with E-state index in [2.05, 4.69) is 56.8 Å². The zero-order valence-corrected chi connectivity index (χ0v) is 14.5. The summed E-state index contributed by atoms with van der Waals surface area (Å²) >= 11 is 7.62. The van der Waals surface area contributed by atoms with Crippen molar-refractivity contribution in [3.8, 4) is 18.1 Å². The lowest BCUT2D eigenvalue weighted by Gasteiger charge is -2.21. The third kappa shape index (κ3) is 5.25. The zero-order chi connectivity index (χ0) is 14.2. The Labute approximate surface area is 137 Å². The molecule has 2 rings (SSSR count). The molecule has 1 aromatic rings. The molecular formula is C15H18BrNOS2. The number of hydrogen-bond acceptors (Lipinski definition) is 4. The molecule has 1 unspecified atom stereocenters. The zero-order valence-electron chi connectivity index (χ0n) is 11.2. The lowest BCUT2D eigenvalue weighted by atomic mass is 10.2. The number of nitrogens with one attached hydrogen (secondary N) is 1. The molecule has 0 spiro atoms. The van der Waals surface area contributed by atoms with Crippen LogP contribution in [0.25, 0.3) is 0 Å². The summed E-state index contributed by atoms with van der Waals surface area (Å²) in [6, 6.07) is 6.02. The van der Waals surface area contributed by atoms with E-state index in [1.54, 1.807) is 0 Å². The molecule has 1 aliphatic heterocycles. The number of ether oxygens (including phenoxy) is 1. The first-order chi connectivity index (χ1) is 9.79. The minimum Gasteiger partial charge on any atom is -0.481 e. The van der Waals surface area contributed by atoms with E-state index in [1.165, 1.54) is 17.3 Å². The van der Waals surface area contributed by atoms with Crippen LogP contribution in [-0.4, -0.2) is 35.7 Å². The van der Waals surface area contributed by atoms with Gasteiger partial charge in [0.25, 0.3) is 0 Å². The Bertz CT molecular complexity index is 469. The molecule has 1 aliphatic rings. The molecule has 2 nitrogen and oxygen atoms in total. The van der Waals surface area contributed by atoms with Crippen molar-refractivity contribution in [1.29, 1.82) is 0 Å². The Kier molecular flexibility index (Phi) is 7.15. The molecule has 1 heterocycles. The van der Waals surface area contributed by atoms with Gasteiger partial charge in [-0.05, 0) is 18.2 Å². The van der Waals surface area contributed by atoms with E-state index in [0.717, 1.165) is 34.1 Å². The Balaban J connectivity index is 1.87. The van der Waals surface area contributed by atoms with E-state index in [1.807, 2.05) is 12.1 Å². The van der Waals surface area contributed by atoms with Gasteiger partial charge in [0.05, 0.1) is 0 Å². The smallest absolute Gasteiger partial charge is 0.148 e. The van der Waals surface area contributed by atoms with Gasteiger partial charge in [0.1, 0.15) is 12.4 Å². The minimum atomic E-state index is 0.309. The second-order valence-electron chi connectivity index (χ2n) is 4.44. The number of thioether (sulfide) groups is 2. The summed E-state index contributed by atoms with van der Waals surface area (Å²) in [5, 5.41) is 4.25. The fraction of sp³-hybridized carbons (Fsp3) is 0.467. The molecule has 0 saturated carbocycles. The van der Waals surface area contributed by atoms with Gasteiger partial charge in [-0.3, -0.25) is 0 Å². The number of rotatable bonds is 6. The van der Waals surface area contributed by atoms with Crippen molar-refractivity contribution < 1.29 is 4.74 Å². The van der Waals surface area contributed by atoms with E-state index < -0.39 is 0 Å². The summed E-state index contributed by atoms with van der Waals surface area (Å²) in [4.78, 5) is 0. The highest BCUT2D eigenvalue weighted by Crippen LogP contribution is 2.25. The van der Waals surface area contributed by atoms with Crippen molar-refractivity contribution in [3.05, 3.63) is 28.2 Å². The Morgan fingerprint density at radius 3 is 3.10 bits per heavy atom. The van der Waals surface area contributed by atoms with Gasteiger partial charge in [0, 0.05) is 45.6 Å². The Morgan fingerprint density at radius 2 is 2.35 bits per heavy atom. The molecule has 1 fully saturated rings. The van der Waals surface area contributed by atoms with Gasteiger partial charge < -0.3 is 10.1 Å². The topological polar surface area (TPSA) is 21.3 Å². The normalized spacial score (nSPS) is 18.5. The fourth-order valence-corrected chi connectivity index (χ4v) is 5.02. The van der Waals surface area contributed by atoms with Crippen molar-refractivity contribution in [2.75, 3.05) is 30.4 Å². The molecule has 1 aromatic carbocycles. The van der Waals surface area contributed by atoms with Crippen molar-refractivity contribution in [2.45, 2.75) is 11.8 Å². The summed E-state index contributed by atoms with van der Waals surface area (Å²) in [6.07, 6.45) is 5.25. The largest absolute Gasteiger partial charge is 0.481 e. The standard InChI is InChI=1S/C15H18BrNOS2/c1-2-5-18-15-4-3-13(16)8-12(15)9-17-10-14-11-19-6-7-20-14/h1,3-4,8,14,17H,5-7,9-11H2. The predicted molar refractivity (Wildman–Crippen MR) is 93.7 cm³/mol. The maximum atomic E-state index is 5.58. The van der Waals surface area contributed by atoms with Gasteiger partial charge in [-0.1, -0.05) is 21.9 Å². The van der Waals surface area contributed by atoms with Gasteiger partial charge in [0.15, 0.2) is 0 Å². The van der Waals surface area contributed by atoms with Crippen LogP contribution >= 0.6 is 39.5 Å². The number of halogens is 1. The average Bonchev–Trinajstić information content (AvgIpc) is 2.47. The summed E-state index contributed by atoms with van der Waals surface area (Å²) in [5.41, 5.74) is 1.14. The predicted octanol–water partition coefficient (Wildman–Crippen LogP) is 3.40. The van der Waals surface area contributed by atoms with Gasteiger partial charge in [-0.25, -0.2) is 0 Å². The van der Waals surface area contributed by atoms with E-state index >= 15 is 0 Å². The Hall–Kier alpha value is -0.280. The lowest BCUT2D eigenvalue weighted by Crippen LogP contribution is -2.28. The van der Waals surface area contributed by atoms with Crippen LogP contribution in [0.5, 0.6) is 5.75 Å². The third-order valence-electron chi connectivity index (χ3n) is 2.91. The molecule has 108 valence electrons. The average molecular weight is 372 g/mol. The van der Waals surface area contributed by atoms with Gasteiger partial charge in [-0.2, -0.15) is 23.5 Å². The molecule has 0 aliphatic carbocycles. The molecule has 20 heavy (non-hydrogen) atoms. The fourth-order valence-electron chi connectivity index (χ4n) is 1.97. The minimum absolute atomic E-state index is 0.309. The van der Waals surface area contributed by atoms with E-state index in [-0.39, 0.29) is 0 Å². The lowest BCUT2D eigenvalue weighted by molar-refractivity contribution is 0.365. The molecule has 1 saturated heterocycles. The molecule has 0 bridgehead atoms. The highest BCUT2D eigenvalue weighted by Gasteiger charge is 2.14. The van der Waals surface area contributed by atoms with Crippen LogP contribution in [0.4, 0.5) is 0 Å². The van der Waals surface area contributed by atoms with Crippen LogP contribution in [0.1, 0.15) is 5.56 Å². The summed E-state index contributed by atoms with van der Waals surface area (Å²) < 4.78 is 6.64. The summed E-state index contributed by atoms with van der Waals surface area (Å²) in [5.74, 6) is 7.17. The number of terminal acetylenes is 1. The van der Waals surface area contributed by atoms with Crippen molar-refractivity contribution >= 4 is 39.5 Å². The second-order valence-corrected chi connectivity index (χ2v) is 7.92. The van der Waals surface area contributed by atoms with Crippen molar-refractivity contribution in [3.63, 3.8) is 0 Å². The number of hydrogen-bond donors (Lipinski definition) is 1. The van der Waals surface area contributed by atoms with Crippen LogP contribution in [-0.2, 0) is 6.54 Å². The molecule has 0 aromatic heterocycles. The van der Waals surface area contributed by atoms with Crippen LogP contribution in [0.3, 0.4) is 0 Å². The van der Waals surface area contributed by atoms with Crippen LogP contribution in [0, 0.1) is 12.3 Å². The maximum absolute atomic E-state index is 5.58. The van der Waals surface area contributed by atoms with Crippen LogP contribution in [0.2, 0.25) is 0 Å². The molecular weight excluding hydrogens is 354 g/mol. The molecule has 1 N–H and O–H groups in total. The van der Waals surface area contributed by atoms with Crippen molar-refractivity contribution in [2.24, 2.45) is 0 Å². The summed E-state index contributed by atoms with van der Waals surface area (Å²) in [7, 11) is 0. The first-order valence-corrected chi connectivity index (χ1v) is 9.54. The maximum Gasteiger partial charge on any atom is 0.148 e. The Morgan fingerprint density at radius 1 is 1.45 bits per heavy atom. The molecule has 1 atom stereocenters.